The van der Waals surface area contributed by atoms with Gasteiger partial charge in [-0.25, -0.2) is 0 Å². The first-order valence-electron chi connectivity index (χ1n) is 10.1. The summed E-state index contributed by atoms with van der Waals surface area (Å²) in [7, 11) is 0. The zero-order valence-corrected chi connectivity index (χ0v) is 18.2. The minimum Gasteiger partial charge on any atom is -0.399 e. The van der Waals surface area contributed by atoms with E-state index in [9.17, 15) is 0 Å². The Bertz CT molecular complexity index is 875. The summed E-state index contributed by atoms with van der Waals surface area (Å²) in [5.41, 5.74) is 18.1. The molecule has 28 heavy (non-hydrogen) atoms. The van der Waals surface area contributed by atoms with Crippen molar-refractivity contribution in [2.24, 2.45) is 0 Å². The first-order valence-corrected chi connectivity index (χ1v) is 10.1. The number of anilines is 1. The van der Waals surface area contributed by atoms with E-state index in [-0.39, 0.29) is 0 Å². The molecule has 0 aliphatic carbocycles. The van der Waals surface area contributed by atoms with Crippen LogP contribution in [0.1, 0.15) is 56.4 Å². The van der Waals surface area contributed by atoms with Crippen molar-refractivity contribution in [1.29, 1.82) is 0 Å². The lowest BCUT2D eigenvalue weighted by atomic mass is 9.88. The van der Waals surface area contributed by atoms with Crippen molar-refractivity contribution in [3.63, 3.8) is 0 Å². The van der Waals surface area contributed by atoms with Crippen molar-refractivity contribution in [2.75, 3.05) is 5.73 Å². The highest BCUT2D eigenvalue weighted by atomic mass is 14.5. The van der Waals surface area contributed by atoms with E-state index in [1.165, 1.54) is 44.5 Å². The van der Waals surface area contributed by atoms with Crippen molar-refractivity contribution < 1.29 is 0 Å². The van der Waals surface area contributed by atoms with Crippen molar-refractivity contribution >= 4 is 5.69 Å². The number of rotatable bonds is 8. The van der Waals surface area contributed by atoms with Crippen LogP contribution >= 0.6 is 0 Å². The van der Waals surface area contributed by atoms with E-state index in [0.717, 1.165) is 31.4 Å². The molecule has 0 saturated heterocycles. The van der Waals surface area contributed by atoms with E-state index >= 15 is 0 Å². The Kier molecular flexibility index (Phi) is 7.87. The summed E-state index contributed by atoms with van der Waals surface area (Å²) in [5.74, 6) is 0. The lowest BCUT2D eigenvalue weighted by Crippen LogP contribution is -2.03. The van der Waals surface area contributed by atoms with Crippen LogP contribution < -0.4 is 5.73 Å². The van der Waals surface area contributed by atoms with Gasteiger partial charge in [0.2, 0.25) is 0 Å². The molecule has 0 amide bonds. The first-order chi connectivity index (χ1) is 13.3. The minimum atomic E-state index is 0.831. The van der Waals surface area contributed by atoms with Gasteiger partial charge < -0.3 is 5.73 Å². The van der Waals surface area contributed by atoms with Gasteiger partial charge in [-0.15, -0.1) is 6.58 Å². The molecule has 0 aliphatic rings. The van der Waals surface area contributed by atoms with Crippen LogP contribution in [0.3, 0.4) is 0 Å². The van der Waals surface area contributed by atoms with Crippen LogP contribution in [0, 0.1) is 6.92 Å². The quantitative estimate of drug-likeness (QED) is 0.386. The molecule has 1 heteroatoms. The van der Waals surface area contributed by atoms with E-state index in [2.05, 4.69) is 77.6 Å². The summed E-state index contributed by atoms with van der Waals surface area (Å²) in [5, 5.41) is 0. The average Bonchev–Trinajstić information content (AvgIpc) is 2.65. The van der Waals surface area contributed by atoms with Gasteiger partial charge in [0, 0.05) is 5.69 Å². The molecule has 0 atom stereocenters. The fourth-order valence-corrected chi connectivity index (χ4v) is 3.39. The molecule has 0 saturated carbocycles. The van der Waals surface area contributed by atoms with E-state index in [1.807, 2.05) is 12.1 Å². The molecule has 2 aromatic carbocycles. The van der Waals surface area contributed by atoms with Crippen molar-refractivity contribution in [2.45, 2.75) is 60.3 Å². The molecular weight excluding hydrogens is 338 g/mol. The molecule has 2 rings (SSSR count). The molecule has 2 N–H and O–H groups in total. The standard InChI is InChI=1S/C27H35N/c1-7-8-24-13-14-27(28)18-26(24)17-25(16-21(5)19(2)3)22(6)15-23-11-9-20(4)10-12-23/h7,9-14,18H,1,8,15-17,28H2,2-6H3/b25-22+. The van der Waals surface area contributed by atoms with Crippen LogP contribution in [-0.2, 0) is 19.3 Å². The molecule has 148 valence electrons. The minimum absolute atomic E-state index is 0.831. The second kappa shape index (κ2) is 10.1. The van der Waals surface area contributed by atoms with Gasteiger partial charge >= 0.3 is 0 Å². The van der Waals surface area contributed by atoms with Gasteiger partial charge in [0.15, 0.2) is 0 Å². The Labute approximate surface area is 171 Å². The van der Waals surface area contributed by atoms with Crippen molar-refractivity contribution in [3.8, 4) is 0 Å². The molecule has 2 aromatic rings. The largest absolute Gasteiger partial charge is 0.399 e. The fourth-order valence-electron chi connectivity index (χ4n) is 3.39. The van der Waals surface area contributed by atoms with Crippen LogP contribution in [0.25, 0.3) is 0 Å². The molecule has 0 fully saturated rings. The second-order valence-corrected chi connectivity index (χ2v) is 8.20. The Morgan fingerprint density at radius 3 is 2.18 bits per heavy atom. The van der Waals surface area contributed by atoms with E-state index in [1.54, 1.807) is 0 Å². The normalized spacial score (nSPS) is 11.8. The fraction of sp³-hybridized carbons (Fsp3) is 0.333. The van der Waals surface area contributed by atoms with Crippen molar-refractivity contribution in [3.05, 3.63) is 99.7 Å². The highest BCUT2D eigenvalue weighted by molar-refractivity contribution is 5.47. The number of hydrogen-bond donors (Lipinski definition) is 1. The molecule has 0 radical (unpaired) electrons. The number of allylic oxidation sites excluding steroid dienone is 5. The Balaban J connectivity index is 2.41. The molecule has 0 bridgehead atoms. The summed E-state index contributed by atoms with van der Waals surface area (Å²) < 4.78 is 0. The molecule has 1 nitrogen and oxygen atoms in total. The lowest BCUT2D eigenvalue weighted by molar-refractivity contribution is 0.931. The molecule has 0 aliphatic heterocycles. The van der Waals surface area contributed by atoms with Crippen molar-refractivity contribution in [1.82, 2.24) is 0 Å². The number of aryl methyl sites for hydroxylation is 1. The Hall–Kier alpha value is -2.54. The third-order valence-corrected chi connectivity index (χ3v) is 5.52. The third-order valence-electron chi connectivity index (χ3n) is 5.52. The van der Waals surface area contributed by atoms with Gasteiger partial charge in [0.1, 0.15) is 0 Å². The van der Waals surface area contributed by atoms with E-state index < -0.39 is 0 Å². The van der Waals surface area contributed by atoms with Crippen LogP contribution in [0.5, 0.6) is 0 Å². The van der Waals surface area contributed by atoms with Crippen LogP contribution in [-0.4, -0.2) is 0 Å². The maximum Gasteiger partial charge on any atom is 0.0317 e. The van der Waals surface area contributed by atoms with E-state index in [4.69, 9.17) is 5.73 Å². The summed E-state index contributed by atoms with van der Waals surface area (Å²) in [6.07, 6.45) is 5.80. The molecule has 0 heterocycles. The molecule has 0 spiro atoms. The summed E-state index contributed by atoms with van der Waals surface area (Å²) in [6, 6.07) is 15.2. The molecule has 0 aromatic heterocycles. The number of nitrogens with two attached hydrogens (primary N) is 1. The summed E-state index contributed by atoms with van der Waals surface area (Å²) in [6.45, 7) is 15.0. The monoisotopic (exact) mass is 373 g/mol. The van der Waals surface area contributed by atoms with Gasteiger partial charge in [0.25, 0.3) is 0 Å². The topological polar surface area (TPSA) is 26.0 Å². The Morgan fingerprint density at radius 1 is 0.893 bits per heavy atom. The van der Waals surface area contributed by atoms with Gasteiger partial charge in [-0.2, -0.15) is 0 Å². The Morgan fingerprint density at radius 2 is 1.57 bits per heavy atom. The maximum absolute atomic E-state index is 6.11. The predicted octanol–water partition coefficient (Wildman–Crippen LogP) is 7.15. The third kappa shape index (κ3) is 6.27. The average molecular weight is 374 g/mol. The summed E-state index contributed by atoms with van der Waals surface area (Å²) in [4.78, 5) is 0. The number of hydrogen-bond acceptors (Lipinski definition) is 1. The highest BCUT2D eigenvalue weighted by Gasteiger charge is 2.11. The van der Waals surface area contributed by atoms with Crippen LogP contribution in [0.2, 0.25) is 0 Å². The molecular formula is C27H35N. The SMILES string of the molecule is C=CCc1ccc(N)cc1C/C(CC(C)=C(C)C)=C(\C)Cc1ccc(C)cc1. The predicted molar refractivity (Wildman–Crippen MR) is 125 cm³/mol. The zero-order chi connectivity index (χ0) is 20.7. The van der Waals surface area contributed by atoms with Gasteiger partial charge in [0.05, 0.1) is 0 Å². The lowest BCUT2D eigenvalue weighted by Gasteiger charge is -2.17. The number of nitrogen functional groups attached to an aromatic ring is 1. The smallest absolute Gasteiger partial charge is 0.0317 e. The zero-order valence-electron chi connectivity index (χ0n) is 18.2. The number of benzene rings is 2. The summed E-state index contributed by atoms with van der Waals surface area (Å²) >= 11 is 0. The van der Waals surface area contributed by atoms with E-state index in [0.29, 0.717) is 0 Å². The van der Waals surface area contributed by atoms with Gasteiger partial charge in [-0.1, -0.05) is 64.3 Å². The van der Waals surface area contributed by atoms with Gasteiger partial charge in [-0.3, -0.25) is 0 Å². The second-order valence-electron chi connectivity index (χ2n) is 8.20. The van der Waals surface area contributed by atoms with Crippen LogP contribution in [0.15, 0.2) is 77.4 Å². The highest BCUT2D eigenvalue weighted by Crippen LogP contribution is 2.27. The van der Waals surface area contributed by atoms with Gasteiger partial charge in [-0.05, 0) is 89.1 Å². The first kappa shape index (κ1) is 21.8. The molecule has 0 unspecified atom stereocenters. The van der Waals surface area contributed by atoms with Crippen LogP contribution in [0.4, 0.5) is 5.69 Å². The maximum atomic E-state index is 6.11.